The molecule has 2 aromatic rings. The zero-order valence-electron chi connectivity index (χ0n) is 14.5. The Hall–Kier alpha value is -2.49. The molecule has 24 heavy (non-hydrogen) atoms. The van der Waals surface area contributed by atoms with Gasteiger partial charge in [-0.2, -0.15) is 0 Å². The highest BCUT2D eigenvalue weighted by atomic mass is 16.5. The van der Waals surface area contributed by atoms with Gasteiger partial charge in [-0.1, -0.05) is 56.3 Å². The van der Waals surface area contributed by atoms with E-state index in [2.05, 4.69) is 48.4 Å². The molecule has 0 aromatic heterocycles. The maximum Gasteiger partial charge on any atom is 0.188 e. The summed E-state index contributed by atoms with van der Waals surface area (Å²) in [5.41, 5.74) is 8.23. The second kappa shape index (κ2) is 9.60. The molecule has 0 fully saturated rings. The van der Waals surface area contributed by atoms with Gasteiger partial charge in [0.25, 0.3) is 0 Å². The van der Waals surface area contributed by atoms with Crippen molar-refractivity contribution in [1.82, 2.24) is 5.32 Å². The number of hydrogen-bond donors (Lipinski definition) is 2. The molecule has 4 heteroatoms. The second-order valence-electron chi connectivity index (χ2n) is 6.21. The average molecular weight is 325 g/mol. The highest BCUT2D eigenvalue weighted by Gasteiger charge is 1.99. The summed E-state index contributed by atoms with van der Waals surface area (Å²) in [6, 6.07) is 18.4. The summed E-state index contributed by atoms with van der Waals surface area (Å²) < 4.78 is 5.79. The Labute approximate surface area is 144 Å². The number of nitrogens with zero attached hydrogens (tertiary/aromatic N) is 1. The molecule has 0 unspecified atom stereocenters. The fourth-order valence-electron chi connectivity index (χ4n) is 2.16. The predicted octanol–water partition coefficient (Wildman–Crippen LogP) is 3.37. The quantitative estimate of drug-likeness (QED) is 0.578. The van der Waals surface area contributed by atoms with E-state index in [9.17, 15) is 0 Å². The second-order valence-corrected chi connectivity index (χ2v) is 6.21. The number of ether oxygens (including phenoxy) is 1. The van der Waals surface area contributed by atoms with E-state index in [0.717, 1.165) is 25.3 Å². The lowest BCUT2D eigenvalue weighted by Crippen LogP contribution is -2.33. The molecule has 0 aliphatic carbocycles. The van der Waals surface area contributed by atoms with Gasteiger partial charge in [-0.25, -0.2) is 0 Å². The van der Waals surface area contributed by atoms with Crippen LogP contribution in [0.15, 0.2) is 59.6 Å². The number of rotatable bonds is 8. The molecule has 3 N–H and O–H groups in total. The van der Waals surface area contributed by atoms with Gasteiger partial charge in [-0.3, -0.25) is 4.99 Å². The standard InChI is InChI=1S/C20H27N3O/c1-16(2)14-23-20(21)22-13-12-17-8-10-19(11-9-17)24-15-18-6-4-3-5-7-18/h3-11,16H,12-15H2,1-2H3,(H3,21,22,23). The van der Waals surface area contributed by atoms with Crippen LogP contribution < -0.4 is 15.8 Å². The largest absolute Gasteiger partial charge is 0.489 e. The number of nitrogens with one attached hydrogen (secondary N) is 1. The van der Waals surface area contributed by atoms with Crippen molar-refractivity contribution >= 4 is 5.96 Å². The normalized spacial score (nSPS) is 11.5. The summed E-state index contributed by atoms with van der Waals surface area (Å²) in [6.07, 6.45) is 0.900. The van der Waals surface area contributed by atoms with E-state index in [1.807, 2.05) is 30.3 Å². The highest BCUT2D eigenvalue weighted by molar-refractivity contribution is 5.77. The summed E-state index contributed by atoms with van der Waals surface area (Å²) in [7, 11) is 0. The third-order valence-electron chi connectivity index (χ3n) is 3.52. The maximum absolute atomic E-state index is 5.82. The van der Waals surface area contributed by atoms with Crippen LogP contribution in [0, 0.1) is 5.92 Å². The van der Waals surface area contributed by atoms with E-state index in [0.29, 0.717) is 18.5 Å². The van der Waals surface area contributed by atoms with Gasteiger partial charge in [0.2, 0.25) is 0 Å². The van der Waals surface area contributed by atoms with E-state index in [-0.39, 0.29) is 0 Å². The third-order valence-corrected chi connectivity index (χ3v) is 3.52. The lowest BCUT2D eigenvalue weighted by Gasteiger charge is -2.09. The van der Waals surface area contributed by atoms with E-state index < -0.39 is 0 Å². The van der Waals surface area contributed by atoms with Crippen LogP contribution >= 0.6 is 0 Å². The number of hydrogen-bond acceptors (Lipinski definition) is 2. The van der Waals surface area contributed by atoms with Crippen molar-refractivity contribution in [2.45, 2.75) is 26.9 Å². The van der Waals surface area contributed by atoms with E-state index >= 15 is 0 Å². The monoisotopic (exact) mass is 325 g/mol. The van der Waals surface area contributed by atoms with Crippen LogP contribution in [0.3, 0.4) is 0 Å². The van der Waals surface area contributed by atoms with Crippen LogP contribution in [-0.2, 0) is 13.0 Å². The van der Waals surface area contributed by atoms with Crippen molar-refractivity contribution in [2.75, 3.05) is 13.1 Å². The van der Waals surface area contributed by atoms with Gasteiger partial charge >= 0.3 is 0 Å². The molecule has 0 radical (unpaired) electrons. The summed E-state index contributed by atoms with van der Waals surface area (Å²) in [5.74, 6) is 1.92. The summed E-state index contributed by atoms with van der Waals surface area (Å²) in [6.45, 7) is 6.37. The molecule has 0 saturated heterocycles. The van der Waals surface area contributed by atoms with Gasteiger partial charge in [0.15, 0.2) is 5.96 Å². The van der Waals surface area contributed by atoms with Crippen LogP contribution in [0.5, 0.6) is 5.75 Å². The summed E-state index contributed by atoms with van der Waals surface area (Å²) >= 11 is 0. The Morgan fingerprint density at radius 2 is 1.75 bits per heavy atom. The first-order valence-electron chi connectivity index (χ1n) is 8.43. The SMILES string of the molecule is CC(C)CN=C(N)NCCc1ccc(OCc2ccccc2)cc1. The smallest absolute Gasteiger partial charge is 0.188 e. The maximum atomic E-state index is 5.82. The third kappa shape index (κ3) is 6.73. The Bertz CT molecular complexity index is 621. The van der Waals surface area contributed by atoms with Gasteiger partial charge in [0, 0.05) is 13.1 Å². The van der Waals surface area contributed by atoms with Crippen LogP contribution in [-0.4, -0.2) is 19.0 Å². The Kier molecular flexibility index (Phi) is 7.15. The van der Waals surface area contributed by atoms with Crippen LogP contribution in [0.1, 0.15) is 25.0 Å². The molecule has 2 rings (SSSR count). The van der Waals surface area contributed by atoms with Gasteiger partial charge in [0.05, 0.1) is 0 Å². The van der Waals surface area contributed by atoms with Crippen LogP contribution in [0.25, 0.3) is 0 Å². The predicted molar refractivity (Wildman–Crippen MR) is 100 cm³/mol. The fraction of sp³-hybridized carbons (Fsp3) is 0.350. The Morgan fingerprint density at radius 3 is 2.42 bits per heavy atom. The van der Waals surface area contributed by atoms with Crippen molar-refractivity contribution in [3.05, 3.63) is 65.7 Å². The van der Waals surface area contributed by atoms with E-state index in [1.165, 1.54) is 11.1 Å². The minimum absolute atomic E-state index is 0.520. The first kappa shape index (κ1) is 17.9. The van der Waals surface area contributed by atoms with Crippen LogP contribution in [0.2, 0.25) is 0 Å². The molecule has 2 aromatic carbocycles. The van der Waals surface area contributed by atoms with Crippen molar-refractivity contribution in [2.24, 2.45) is 16.6 Å². The number of guanidine groups is 1. The molecule has 0 spiro atoms. The van der Waals surface area contributed by atoms with Crippen molar-refractivity contribution in [3.8, 4) is 5.75 Å². The molecule has 0 aliphatic heterocycles. The number of benzene rings is 2. The number of aliphatic imine (C=N–C) groups is 1. The van der Waals surface area contributed by atoms with E-state index in [1.54, 1.807) is 0 Å². The molecule has 0 bridgehead atoms. The molecule has 0 amide bonds. The molecule has 4 nitrogen and oxygen atoms in total. The molecule has 128 valence electrons. The van der Waals surface area contributed by atoms with E-state index in [4.69, 9.17) is 10.5 Å². The van der Waals surface area contributed by atoms with Crippen molar-refractivity contribution in [1.29, 1.82) is 0 Å². The first-order valence-corrected chi connectivity index (χ1v) is 8.43. The summed E-state index contributed by atoms with van der Waals surface area (Å²) in [4.78, 5) is 4.29. The topological polar surface area (TPSA) is 59.6 Å². The minimum Gasteiger partial charge on any atom is -0.489 e. The first-order chi connectivity index (χ1) is 11.6. The molecular weight excluding hydrogens is 298 g/mol. The van der Waals surface area contributed by atoms with Crippen molar-refractivity contribution < 1.29 is 4.74 Å². The highest BCUT2D eigenvalue weighted by Crippen LogP contribution is 2.14. The minimum atomic E-state index is 0.520. The van der Waals surface area contributed by atoms with Crippen LogP contribution in [0.4, 0.5) is 0 Å². The fourth-order valence-corrected chi connectivity index (χ4v) is 2.16. The Balaban J connectivity index is 1.73. The van der Waals surface area contributed by atoms with Crippen molar-refractivity contribution in [3.63, 3.8) is 0 Å². The van der Waals surface area contributed by atoms with Gasteiger partial charge < -0.3 is 15.8 Å². The lowest BCUT2D eigenvalue weighted by molar-refractivity contribution is 0.306. The molecular formula is C20H27N3O. The van der Waals surface area contributed by atoms with Gasteiger partial charge in [0.1, 0.15) is 12.4 Å². The number of nitrogens with two attached hydrogens (primary N) is 1. The van der Waals surface area contributed by atoms with Gasteiger partial charge in [-0.15, -0.1) is 0 Å². The Morgan fingerprint density at radius 1 is 1.04 bits per heavy atom. The molecule has 0 heterocycles. The molecule has 0 atom stereocenters. The zero-order chi connectivity index (χ0) is 17.2. The molecule has 0 aliphatic rings. The lowest BCUT2D eigenvalue weighted by atomic mass is 10.1. The zero-order valence-corrected chi connectivity index (χ0v) is 14.5. The molecule has 0 saturated carbocycles. The average Bonchev–Trinajstić information content (AvgIpc) is 2.60. The van der Waals surface area contributed by atoms with Gasteiger partial charge in [-0.05, 0) is 35.6 Å². The summed E-state index contributed by atoms with van der Waals surface area (Å²) in [5, 5.41) is 3.14.